The van der Waals surface area contributed by atoms with Gasteiger partial charge in [-0.25, -0.2) is 0 Å². The first kappa shape index (κ1) is 12.0. The summed E-state index contributed by atoms with van der Waals surface area (Å²) in [5.74, 6) is 0.614. The molecule has 2 aromatic rings. The molecular formula is C14H16N2O3. The third-order valence-corrected chi connectivity index (χ3v) is 3.33. The Labute approximate surface area is 110 Å². The molecule has 0 aliphatic carbocycles. The van der Waals surface area contributed by atoms with E-state index >= 15 is 0 Å². The number of anilines is 2. The van der Waals surface area contributed by atoms with E-state index in [1.165, 1.54) is 0 Å². The molecule has 0 atom stereocenters. The molecule has 1 aromatic heterocycles. The number of nitrogens with one attached hydrogen (secondary N) is 1. The highest BCUT2D eigenvalue weighted by atomic mass is 16.5. The Morgan fingerprint density at radius 1 is 1.26 bits per heavy atom. The van der Waals surface area contributed by atoms with Gasteiger partial charge in [-0.3, -0.25) is 4.79 Å². The molecule has 19 heavy (non-hydrogen) atoms. The molecule has 0 bridgehead atoms. The van der Waals surface area contributed by atoms with Crippen molar-refractivity contribution in [1.29, 1.82) is 0 Å². The van der Waals surface area contributed by atoms with Gasteiger partial charge in [-0.15, -0.1) is 0 Å². The molecule has 0 saturated carbocycles. The quantitative estimate of drug-likeness (QED) is 0.890. The summed E-state index contributed by atoms with van der Waals surface area (Å²) in [6.45, 7) is 2.82. The van der Waals surface area contributed by atoms with E-state index < -0.39 is 0 Å². The van der Waals surface area contributed by atoms with Gasteiger partial charge in [-0.1, -0.05) is 6.07 Å². The fraction of sp³-hybridized carbons (Fsp3) is 0.357. The number of benzene rings is 1. The highest BCUT2D eigenvalue weighted by Crippen LogP contribution is 2.25. The van der Waals surface area contributed by atoms with E-state index in [4.69, 9.17) is 9.15 Å². The van der Waals surface area contributed by atoms with Gasteiger partial charge in [0.05, 0.1) is 24.3 Å². The molecule has 100 valence electrons. The summed E-state index contributed by atoms with van der Waals surface area (Å²) in [6, 6.07) is 7.09. The molecule has 5 nitrogen and oxygen atoms in total. The van der Waals surface area contributed by atoms with Crippen LogP contribution in [-0.2, 0) is 4.74 Å². The van der Waals surface area contributed by atoms with E-state index in [1.807, 2.05) is 24.1 Å². The van der Waals surface area contributed by atoms with Gasteiger partial charge < -0.3 is 19.4 Å². The van der Waals surface area contributed by atoms with E-state index in [-0.39, 0.29) is 5.43 Å². The Morgan fingerprint density at radius 2 is 2.05 bits per heavy atom. The van der Waals surface area contributed by atoms with Gasteiger partial charge in [0.1, 0.15) is 0 Å². The lowest BCUT2D eigenvalue weighted by Crippen LogP contribution is -2.36. The van der Waals surface area contributed by atoms with Gasteiger partial charge in [0, 0.05) is 26.2 Å². The van der Waals surface area contributed by atoms with Crippen molar-refractivity contribution in [2.75, 3.05) is 43.6 Å². The molecule has 1 N–H and O–H groups in total. The molecule has 3 rings (SSSR count). The first-order chi connectivity index (χ1) is 9.29. The van der Waals surface area contributed by atoms with Crippen LogP contribution in [0.15, 0.2) is 33.5 Å². The number of hydrogen-bond donors (Lipinski definition) is 1. The zero-order valence-corrected chi connectivity index (χ0v) is 10.8. The molecular weight excluding hydrogens is 244 g/mol. The van der Waals surface area contributed by atoms with Gasteiger partial charge >= 0.3 is 0 Å². The van der Waals surface area contributed by atoms with Crippen LogP contribution >= 0.6 is 0 Å². The molecule has 1 saturated heterocycles. The normalized spacial score (nSPS) is 15.7. The van der Waals surface area contributed by atoms with Crippen LogP contribution in [0.5, 0.6) is 0 Å². The Balaban J connectivity index is 2.14. The van der Waals surface area contributed by atoms with Gasteiger partial charge in [-0.2, -0.15) is 0 Å². The van der Waals surface area contributed by atoms with E-state index in [0.717, 1.165) is 18.8 Å². The minimum atomic E-state index is -0.0140. The predicted molar refractivity (Wildman–Crippen MR) is 75.1 cm³/mol. The van der Waals surface area contributed by atoms with Crippen molar-refractivity contribution in [3.05, 3.63) is 34.5 Å². The number of nitrogens with zero attached hydrogens (tertiary/aromatic N) is 1. The summed E-state index contributed by atoms with van der Waals surface area (Å²) in [7, 11) is 1.82. The number of hydrogen-bond acceptors (Lipinski definition) is 5. The highest BCUT2D eigenvalue weighted by Gasteiger charge is 2.16. The van der Waals surface area contributed by atoms with Gasteiger partial charge in [0.2, 0.25) is 0 Å². The van der Waals surface area contributed by atoms with Crippen LogP contribution in [0, 0.1) is 0 Å². The summed E-state index contributed by atoms with van der Waals surface area (Å²) in [6.07, 6.45) is 0. The Hall–Kier alpha value is -2.01. The molecule has 2 heterocycles. The second kappa shape index (κ2) is 4.93. The first-order valence-electron chi connectivity index (χ1n) is 6.37. The Kier molecular flexibility index (Phi) is 3.13. The fourth-order valence-electron chi connectivity index (χ4n) is 2.30. The van der Waals surface area contributed by atoms with Crippen LogP contribution in [0.4, 0.5) is 11.6 Å². The summed E-state index contributed by atoms with van der Waals surface area (Å²) < 4.78 is 11.2. The van der Waals surface area contributed by atoms with Crippen molar-refractivity contribution in [2.45, 2.75) is 0 Å². The minimum Gasteiger partial charge on any atom is -0.438 e. The maximum Gasteiger partial charge on any atom is 0.200 e. The zero-order chi connectivity index (χ0) is 13.2. The Morgan fingerprint density at radius 3 is 2.79 bits per heavy atom. The lowest BCUT2D eigenvalue weighted by Gasteiger charge is -2.27. The summed E-state index contributed by atoms with van der Waals surface area (Å²) in [5, 5.41) is 3.65. The van der Waals surface area contributed by atoms with Crippen molar-refractivity contribution in [2.24, 2.45) is 0 Å². The van der Waals surface area contributed by atoms with Crippen LogP contribution in [-0.4, -0.2) is 33.4 Å². The summed E-state index contributed by atoms with van der Waals surface area (Å²) in [5.41, 5.74) is 1.42. The van der Waals surface area contributed by atoms with Crippen LogP contribution in [0.3, 0.4) is 0 Å². The van der Waals surface area contributed by atoms with E-state index in [0.29, 0.717) is 30.1 Å². The standard InChI is InChI=1S/C14H16N2O3/c1-15-11-4-2-3-10-12(17)9-13(19-14(10)11)16-5-7-18-8-6-16/h2-4,9,15H,5-8H2,1H3. The van der Waals surface area contributed by atoms with E-state index in [1.54, 1.807) is 12.1 Å². The maximum atomic E-state index is 12.2. The van der Waals surface area contributed by atoms with Crippen LogP contribution in [0.25, 0.3) is 11.0 Å². The molecule has 0 unspecified atom stereocenters. The topological polar surface area (TPSA) is 54.7 Å². The first-order valence-corrected chi connectivity index (χ1v) is 6.37. The molecule has 1 aliphatic rings. The number of ether oxygens (including phenoxy) is 1. The molecule has 1 aromatic carbocycles. The second-order valence-electron chi connectivity index (χ2n) is 4.48. The van der Waals surface area contributed by atoms with Crippen LogP contribution < -0.4 is 15.6 Å². The van der Waals surface area contributed by atoms with Crippen molar-refractivity contribution in [3.8, 4) is 0 Å². The fourth-order valence-corrected chi connectivity index (χ4v) is 2.30. The molecule has 1 aliphatic heterocycles. The van der Waals surface area contributed by atoms with E-state index in [9.17, 15) is 4.79 Å². The zero-order valence-electron chi connectivity index (χ0n) is 10.8. The SMILES string of the molecule is CNc1cccc2c(=O)cc(N3CCOCC3)oc12. The van der Waals surface area contributed by atoms with Crippen molar-refractivity contribution < 1.29 is 9.15 Å². The van der Waals surface area contributed by atoms with Crippen molar-refractivity contribution >= 4 is 22.5 Å². The third kappa shape index (κ3) is 2.17. The molecule has 5 heteroatoms. The molecule has 0 radical (unpaired) electrons. The maximum absolute atomic E-state index is 12.2. The molecule has 0 spiro atoms. The van der Waals surface area contributed by atoms with Gasteiger partial charge in [-0.05, 0) is 12.1 Å². The third-order valence-electron chi connectivity index (χ3n) is 3.33. The monoisotopic (exact) mass is 260 g/mol. The number of rotatable bonds is 2. The largest absolute Gasteiger partial charge is 0.438 e. The lowest BCUT2D eigenvalue weighted by molar-refractivity contribution is 0.121. The number of para-hydroxylation sites is 1. The molecule has 1 fully saturated rings. The lowest BCUT2D eigenvalue weighted by atomic mass is 10.2. The van der Waals surface area contributed by atoms with Crippen LogP contribution in [0.2, 0.25) is 0 Å². The number of morpholine rings is 1. The predicted octanol–water partition coefficient (Wildman–Crippen LogP) is 1.67. The van der Waals surface area contributed by atoms with Crippen molar-refractivity contribution in [1.82, 2.24) is 0 Å². The smallest absolute Gasteiger partial charge is 0.200 e. The average molecular weight is 260 g/mol. The Bertz CT molecular complexity index is 645. The highest BCUT2D eigenvalue weighted by molar-refractivity contribution is 5.89. The van der Waals surface area contributed by atoms with Gasteiger partial charge in [0.15, 0.2) is 16.9 Å². The second-order valence-corrected chi connectivity index (χ2v) is 4.48. The molecule has 0 amide bonds. The summed E-state index contributed by atoms with van der Waals surface area (Å²) >= 11 is 0. The van der Waals surface area contributed by atoms with Gasteiger partial charge in [0.25, 0.3) is 0 Å². The van der Waals surface area contributed by atoms with Crippen molar-refractivity contribution in [3.63, 3.8) is 0 Å². The number of fused-ring (bicyclic) bond motifs is 1. The average Bonchev–Trinajstić information content (AvgIpc) is 2.47. The summed E-state index contributed by atoms with van der Waals surface area (Å²) in [4.78, 5) is 14.2. The van der Waals surface area contributed by atoms with E-state index in [2.05, 4.69) is 5.32 Å². The minimum absolute atomic E-state index is 0.0140. The van der Waals surface area contributed by atoms with Crippen LogP contribution in [0.1, 0.15) is 0 Å².